The van der Waals surface area contributed by atoms with E-state index in [-0.39, 0.29) is 17.8 Å². The van der Waals surface area contributed by atoms with Crippen LogP contribution < -0.4 is 0 Å². The number of aromatic nitrogens is 4. The van der Waals surface area contributed by atoms with E-state index in [0.29, 0.717) is 32.5 Å². The number of hydrogen-bond donors (Lipinski definition) is 2. The number of nitrogens with zero attached hydrogens (tertiary/aromatic N) is 2. The summed E-state index contributed by atoms with van der Waals surface area (Å²) in [6, 6.07) is 6.65. The van der Waals surface area contributed by atoms with Crippen molar-refractivity contribution in [1.29, 1.82) is 0 Å². The highest BCUT2D eigenvalue weighted by Gasteiger charge is 2.52. The fourth-order valence-electron chi connectivity index (χ4n) is 7.93. The Hall–Kier alpha value is -3.75. The number of aryl methyl sites for hydroxylation is 4. The summed E-state index contributed by atoms with van der Waals surface area (Å²) in [5.74, 6) is -0.927. The van der Waals surface area contributed by atoms with E-state index in [2.05, 4.69) is 69.7 Å². The van der Waals surface area contributed by atoms with E-state index in [9.17, 15) is 4.79 Å². The minimum absolute atomic E-state index is 0.0340. The Labute approximate surface area is 258 Å². The van der Waals surface area contributed by atoms with E-state index >= 15 is 0 Å². The normalized spacial score (nSPS) is 20.2. The van der Waals surface area contributed by atoms with Crippen LogP contribution in [0.2, 0.25) is 0 Å². The molecular weight excluding hydrogens is 552 g/mol. The summed E-state index contributed by atoms with van der Waals surface area (Å²) in [5.41, 5.74) is 16.5. The third kappa shape index (κ3) is 4.29. The lowest BCUT2D eigenvalue weighted by atomic mass is 9.85. The van der Waals surface area contributed by atoms with Gasteiger partial charge in [0.1, 0.15) is 0 Å². The average Bonchev–Trinajstić information content (AvgIpc) is 3.84. The molecule has 230 valence electrons. The molecule has 3 aromatic rings. The van der Waals surface area contributed by atoms with Crippen molar-refractivity contribution in [3.05, 3.63) is 68.8 Å². The van der Waals surface area contributed by atoms with Crippen LogP contribution in [0.5, 0.6) is 0 Å². The van der Waals surface area contributed by atoms with Gasteiger partial charge in [0.05, 0.1) is 37.4 Å². The maximum atomic E-state index is 12.3. The number of nitrogens with one attached hydrogen (secondary N) is 2. The molecule has 8 bridgehead atoms. The predicted octanol–water partition coefficient (Wildman–Crippen LogP) is 7.13. The summed E-state index contributed by atoms with van der Waals surface area (Å²) in [6.45, 7) is 14.2. The molecule has 6 heterocycles. The van der Waals surface area contributed by atoms with Crippen LogP contribution in [0.1, 0.15) is 103 Å². The van der Waals surface area contributed by atoms with Gasteiger partial charge in [0, 0.05) is 63.6 Å². The number of H-pyrrole nitrogens is 2. The molecule has 1 fully saturated rings. The molecule has 0 amide bonds. The van der Waals surface area contributed by atoms with Crippen LogP contribution in [0, 0.1) is 13.8 Å². The summed E-state index contributed by atoms with van der Waals surface area (Å²) in [6.07, 6.45) is 3.37. The lowest BCUT2D eigenvalue weighted by molar-refractivity contribution is -0.140. The molecule has 0 saturated carbocycles. The molecule has 0 radical (unpaired) electrons. The molecule has 0 unspecified atom stereocenters. The molecule has 1 spiro atoms. The van der Waals surface area contributed by atoms with Crippen LogP contribution in [0.4, 0.5) is 0 Å². The largest absolute Gasteiger partial charge is 0.469 e. The Bertz CT molecular complexity index is 1890. The van der Waals surface area contributed by atoms with Crippen LogP contribution in [-0.2, 0) is 38.3 Å². The van der Waals surface area contributed by atoms with E-state index in [0.717, 1.165) is 74.4 Å². The number of hydrogen-bond acceptors (Lipinski definition) is 6. The van der Waals surface area contributed by atoms with Gasteiger partial charge in [-0.15, -0.1) is 0 Å². The highest BCUT2D eigenvalue weighted by Crippen LogP contribution is 2.53. The van der Waals surface area contributed by atoms with Crippen LogP contribution in [0.3, 0.4) is 0 Å². The van der Waals surface area contributed by atoms with E-state index < -0.39 is 5.79 Å². The van der Waals surface area contributed by atoms with Gasteiger partial charge in [-0.3, -0.25) is 9.78 Å². The highest BCUT2D eigenvalue weighted by atomic mass is 16.7. The molecule has 2 atom stereocenters. The summed E-state index contributed by atoms with van der Waals surface area (Å²) < 4.78 is 17.9. The summed E-state index contributed by atoms with van der Waals surface area (Å²) in [4.78, 5) is 30.5. The lowest BCUT2D eigenvalue weighted by Gasteiger charge is -2.24. The Kier molecular flexibility index (Phi) is 7.05. The lowest BCUT2D eigenvalue weighted by Crippen LogP contribution is -2.30. The van der Waals surface area contributed by atoms with Crippen LogP contribution >= 0.6 is 0 Å². The smallest absolute Gasteiger partial charge is 0.305 e. The zero-order chi connectivity index (χ0) is 30.9. The van der Waals surface area contributed by atoms with Crippen molar-refractivity contribution >= 4 is 39.2 Å². The first kappa shape index (κ1) is 29.0. The quantitative estimate of drug-likeness (QED) is 0.305. The Morgan fingerprint density at radius 2 is 1.59 bits per heavy atom. The predicted molar refractivity (Wildman–Crippen MR) is 172 cm³/mol. The topological polar surface area (TPSA) is 102 Å². The number of allylic oxidation sites excluding steroid dienone is 1. The Morgan fingerprint density at radius 1 is 0.955 bits per heavy atom. The van der Waals surface area contributed by atoms with Crippen LogP contribution in [0.15, 0.2) is 18.2 Å². The third-order valence-electron chi connectivity index (χ3n) is 10.4. The number of carbonyl (C=O) groups excluding carboxylic acids is 1. The number of rotatable bonds is 5. The Morgan fingerprint density at radius 3 is 2.23 bits per heavy atom. The standard InChI is InChI=1S/C36H42N4O4/c1-8-22-18(3)26-14-28-20(5)24(10-11-32(41)42-7)34(39-28)25-17-36(43-12-13-44-36)33-21(6)29(40-35(25)33)16-31-23(9-2)19(4)27(38-31)15-30(22)37-26/h14-16,20,24,37-38H,8-13,17H2,1-7H3/t20-,24-/m0/s1. The second kappa shape index (κ2) is 10.7. The number of ether oxygens (including phenoxy) is 3. The third-order valence-corrected chi connectivity index (χ3v) is 10.4. The maximum Gasteiger partial charge on any atom is 0.305 e. The van der Waals surface area contributed by atoms with Crippen molar-refractivity contribution in [2.24, 2.45) is 0 Å². The first-order chi connectivity index (χ1) is 21.2. The van der Waals surface area contributed by atoms with E-state index in [1.165, 1.54) is 29.4 Å². The summed E-state index contributed by atoms with van der Waals surface area (Å²) in [5, 5.41) is 0. The summed E-state index contributed by atoms with van der Waals surface area (Å²) in [7, 11) is 1.45. The molecule has 2 N–H and O–H groups in total. The molecule has 8 nitrogen and oxygen atoms in total. The molecule has 3 aromatic heterocycles. The minimum Gasteiger partial charge on any atom is -0.469 e. The second-order valence-corrected chi connectivity index (χ2v) is 12.6. The van der Waals surface area contributed by atoms with Crippen LogP contribution in [-0.4, -0.2) is 52.0 Å². The van der Waals surface area contributed by atoms with Gasteiger partial charge >= 0.3 is 5.97 Å². The van der Waals surface area contributed by atoms with Gasteiger partial charge in [-0.25, -0.2) is 4.98 Å². The average molecular weight is 595 g/mol. The van der Waals surface area contributed by atoms with Gasteiger partial charge in [0.25, 0.3) is 0 Å². The zero-order valence-electron chi connectivity index (χ0n) is 26.9. The van der Waals surface area contributed by atoms with Gasteiger partial charge < -0.3 is 24.2 Å². The first-order valence-electron chi connectivity index (χ1n) is 16.0. The minimum atomic E-state index is -0.858. The molecule has 1 aliphatic carbocycles. The van der Waals surface area contributed by atoms with Gasteiger partial charge in [-0.05, 0) is 86.1 Å². The number of esters is 1. The monoisotopic (exact) mass is 594 g/mol. The van der Waals surface area contributed by atoms with Crippen LogP contribution in [0.25, 0.3) is 33.2 Å². The number of aromatic amines is 2. The van der Waals surface area contributed by atoms with E-state index in [1.807, 2.05) is 0 Å². The van der Waals surface area contributed by atoms with Crippen molar-refractivity contribution in [3.63, 3.8) is 0 Å². The second-order valence-electron chi connectivity index (χ2n) is 12.6. The first-order valence-corrected chi connectivity index (χ1v) is 16.0. The molecule has 3 aliphatic heterocycles. The maximum absolute atomic E-state index is 12.3. The number of carbonyl (C=O) groups is 1. The molecule has 44 heavy (non-hydrogen) atoms. The zero-order valence-corrected chi connectivity index (χ0v) is 26.9. The van der Waals surface area contributed by atoms with E-state index in [4.69, 9.17) is 24.2 Å². The van der Waals surface area contributed by atoms with Gasteiger partial charge in [-0.1, -0.05) is 20.8 Å². The molecule has 4 aliphatic rings. The van der Waals surface area contributed by atoms with Crippen molar-refractivity contribution in [2.75, 3.05) is 20.3 Å². The fourth-order valence-corrected chi connectivity index (χ4v) is 7.93. The summed E-state index contributed by atoms with van der Waals surface area (Å²) >= 11 is 0. The van der Waals surface area contributed by atoms with Gasteiger partial charge in [0.15, 0.2) is 0 Å². The fraction of sp³-hybridized carbons (Fsp3) is 0.472. The van der Waals surface area contributed by atoms with E-state index in [1.54, 1.807) is 0 Å². The van der Waals surface area contributed by atoms with Crippen molar-refractivity contribution in [2.45, 2.75) is 91.3 Å². The van der Waals surface area contributed by atoms with Gasteiger partial charge in [-0.2, -0.15) is 0 Å². The number of fused-ring (bicyclic) bond motifs is 9. The molecule has 7 rings (SSSR count). The molecule has 8 heteroatoms. The SMILES string of the molecule is CCc1c(C)c2cc3[nH]c(cc4nc(c5c6nc(cc1[nH]2)C(C)=C6C1(C5)OCCO1)[C@@H](CCC(=O)OC)[C@@H]4C)c(C)c3CC. The Balaban J connectivity index is 1.60. The molecular formula is C36H42N4O4. The van der Waals surface area contributed by atoms with Gasteiger partial charge in [0.2, 0.25) is 5.79 Å². The number of methoxy groups -OCH3 is 1. The molecule has 0 aromatic carbocycles. The molecule has 1 saturated heterocycles. The van der Waals surface area contributed by atoms with Crippen molar-refractivity contribution < 1.29 is 19.0 Å². The van der Waals surface area contributed by atoms with Crippen molar-refractivity contribution in [1.82, 2.24) is 19.9 Å². The highest BCUT2D eigenvalue weighted by molar-refractivity contribution is 5.98. The van der Waals surface area contributed by atoms with Crippen molar-refractivity contribution in [3.8, 4) is 0 Å².